The van der Waals surface area contributed by atoms with Crippen LogP contribution in [0.4, 0.5) is 8.78 Å². The topological polar surface area (TPSA) is 66.5 Å². The highest BCUT2D eigenvalue weighted by molar-refractivity contribution is 7.88. The summed E-state index contributed by atoms with van der Waals surface area (Å²) in [7, 11) is -3.49. The van der Waals surface area contributed by atoms with E-state index in [1.807, 2.05) is 0 Å². The maximum atomic E-state index is 13.0. The van der Waals surface area contributed by atoms with Crippen LogP contribution in [0.25, 0.3) is 0 Å². The van der Waals surface area contributed by atoms with Gasteiger partial charge >= 0.3 is 0 Å². The van der Waals surface area contributed by atoms with Crippen molar-refractivity contribution in [3.05, 3.63) is 71.3 Å². The van der Waals surface area contributed by atoms with Gasteiger partial charge in [0.1, 0.15) is 11.6 Å². The molecule has 0 aromatic heterocycles. The maximum Gasteiger partial charge on any atom is 0.224 e. The Morgan fingerprint density at radius 3 is 1.96 bits per heavy atom. The predicted octanol–water partition coefficient (Wildman–Crippen LogP) is 2.09. The van der Waals surface area contributed by atoms with Crippen molar-refractivity contribution in [3.8, 4) is 0 Å². The van der Waals surface area contributed by atoms with Gasteiger partial charge in [-0.1, -0.05) is 24.3 Å². The predicted molar refractivity (Wildman–Crippen MR) is 94.8 cm³/mol. The van der Waals surface area contributed by atoms with Gasteiger partial charge in [0.2, 0.25) is 15.9 Å². The third-order valence-electron chi connectivity index (χ3n) is 3.70. The molecule has 0 atom stereocenters. The summed E-state index contributed by atoms with van der Waals surface area (Å²) in [6.45, 7) is 0.312. The summed E-state index contributed by atoms with van der Waals surface area (Å²) in [5.74, 6) is -1.06. The summed E-state index contributed by atoms with van der Waals surface area (Å²) >= 11 is 0. The lowest BCUT2D eigenvalue weighted by Crippen LogP contribution is -2.38. The van der Waals surface area contributed by atoms with Gasteiger partial charge in [-0.05, 0) is 35.4 Å². The summed E-state index contributed by atoms with van der Waals surface area (Å²) in [6.07, 6.45) is 1.16. The molecule has 2 rings (SSSR count). The minimum atomic E-state index is -3.49. The van der Waals surface area contributed by atoms with Crippen LogP contribution in [-0.2, 0) is 27.8 Å². The third kappa shape index (κ3) is 6.53. The van der Waals surface area contributed by atoms with Crippen LogP contribution in [0.5, 0.6) is 0 Å². The van der Waals surface area contributed by atoms with E-state index in [-0.39, 0.29) is 37.8 Å². The lowest BCUT2D eigenvalue weighted by Gasteiger charge is -2.20. The Balaban J connectivity index is 1.87. The Hall–Kier alpha value is -2.32. The van der Waals surface area contributed by atoms with Gasteiger partial charge in [0.25, 0.3) is 0 Å². The smallest absolute Gasteiger partial charge is 0.224 e. The van der Waals surface area contributed by atoms with E-state index < -0.39 is 15.8 Å². The van der Waals surface area contributed by atoms with Crippen molar-refractivity contribution >= 4 is 15.9 Å². The lowest BCUT2D eigenvalue weighted by atomic mass is 10.1. The molecule has 8 heteroatoms. The van der Waals surface area contributed by atoms with E-state index in [4.69, 9.17) is 0 Å². The average Bonchev–Trinajstić information content (AvgIpc) is 2.57. The fourth-order valence-electron chi connectivity index (χ4n) is 2.33. The van der Waals surface area contributed by atoms with Crippen molar-refractivity contribution in [1.82, 2.24) is 9.62 Å². The van der Waals surface area contributed by atoms with Gasteiger partial charge in [-0.25, -0.2) is 17.2 Å². The number of sulfonamides is 1. The number of hydrogen-bond donors (Lipinski definition) is 1. The van der Waals surface area contributed by atoms with Crippen LogP contribution in [0.15, 0.2) is 48.5 Å². The summed E-state index contributed by atoms with van der Waals surface area (Å²) in [4.78, 5) is 11.9. The molecule has 1 amide bonds. The molecular formula is C18H20F2N2O3S. The molecule has 140 valence electrons. The summed E-state index contributed by atoms with van der Waals surface area (Å²) in [5, 5.41) is 2.64. The lowest BCUT2D eigenvalue weighted by molar-refractivity contribution is -0.120. The van der Waals surface area contributed by atoms with Gasteiger partial charge in [0.05, 0.1) is 12.7 Å². The molecule has 0 radical (unpaired) electrons. The number of halogens is 2. The highest BCUT2D eigenvalue weighted by atomic mass is 32.2. The van der Waals surface area contributed by atoms with E-state index in [0.29, 0.717) is 11.1 Å². The van der Waals surface area contributed by atoms with Crippen LogP contribution >= 0.6 is 0 Å². The van der Waals surface area contributed by atoms with Crippen molar-refractivity contribution in [3.63, 3.8) is 0 Å². The number of benzene rings is 2. The second kappa shape index (κ2) is 8.86. The van der Waals surface area contributed by atoms with Crippen LogP contribution in [0.2, 0.25) is 0 Å². The molecular weight excluding hydrogens is 362 g/mol. The molecule has 2 aromatic rings. The molecule has 0 aliphatic heterocycles. The summed E-state index contributed by atoms with van der Waals surface area (Å²) in [6, 6.07) is 11.1. The molecule has 26 heavy (non-hydrogen) atoms. The molecule has 0 saturated heterocycles. The fraction of sp³-hybridized carbons (Fsp3) is 0.278. The molecule has 0 heterocycles. The quantitative estimate of drug-likeness (QED) is 0.760. The number of carbonyl (C=O) groups excluding carboxylic acids is 1. The number of amides is 1. The molecule has 0 saturated carbocycles. The second-order valence-electron chi connectivity index (χ2n) is 5.88. The van der Waals surface area contributed by atoms with Crippen molar-refractivity contribution in [2.24, 2.45) is 0 Å². The van der Waals surface area contributed by atoms with E-state index in [1.165, 1.54) is 52.8 Å². The Bertz CT molecular complexity index is 838. The minimum Gasteiger partial charge on any atom is -0.354 e. The van der Waals surface area contributed by atoms with Crippen LogP contribution in [0, 0.1) is 11.6 Å². The Labute approximate surface area is 151 Å². The Morgan fingerprint density at radius 1 is 0.962 bits per heavy atom. The average molecular weight is 382 g/mol. The van der Waals surface area contributed by atoms with Gasteiger partial charge in [-0.3, -0.25) is 4.79 Å². The zero-order chi connectivity index (χ0) is 19.2. The highest BCUT2D eigenvalue weighted by Crippen LogP contribution is 2.09. The number of nitrogens with one attached hydrogen (secondary N) is 1. The normalized spacial score (nSPS) is 11.5. The van der Waals surface area contributed by atoms with Gasteiger partial charge < -0.3 is 5.32 Å². The highest BCUT2D eigenvalue weighted by Gasteiger charge is 2.17. The van der Waals surface area contributed by atoms with Crippen LogP contribution in [0.1, 0.15) is 11.1 Å². The van der Waals surface area contributed by atoms with E-state index >= 15 is 0 Å². The minimum absolute atomic E-state index is 0.0805. The molecule has 0 unspecified atom stereocenters. The Morgan fingerprint density at radius 2 is 1.46 bits per heavy atom. The molecule has 5 nitrogen and oxygen atoms in total. The number of rotatable bonds is 8. The van der Waals surface area contributed by atoms with Crippen molar-refractivity contribution in [1.29, 1.82) is 0 Å². The zero-order valence-corrected chi connectivity index (χ0v) is 15.1. The first kappa shape index (κ1) is 20.0. The Kier molecular flexibility index (Phi) is 6.82. The largest absolute Gasteiger partial charge is 0.354 e. The maximum absolute atomic E-state index is 13.0. The van der Waals surface area contributed by atoms with Gasteiger partial charge in [-0.2, -0.15) is 4.31 Å². The number of nitrogens with zero attached hydrogens (tertiary/aromatic N) is 1. The SMILES string of the molecule is CS(=O)(=O)N(CCNC(=O)Cc1ccc(F)cc1)Cc1ccc(F)cc1. The van der Waals surface area contributed by atoms with Crippen molar-refractivity contribution in [2.75, 3.05) is 19.3 Å². The standard InChI is InChI=1S/C18H20F2N2O3S/c1-26(24,25)22(13-15-4-8-17(20)9-5-15)11-10-21-18(23)12-14-2-6-16(19)7-3-14/h2-9H,10-13H2,1H3,(H,21,23). The van der Waals surface area contributed by atoms with Crippen molar-refractivity contribution in [2.45, 2.75) is 13.0 Å². The molecule has 0 aliphatic rings. The summed E-state index contributed by atoms with van der Waals surface area (Å²) in [5.41, 5.74) is 1.31. The van der Waals surface area contributed by atoms with Crippen LogP contribution in [0.3, 0.4) is 0 Å². The second-order valence-corrected chi connectivity index (χ2v) is 7.86. The molecule has 1 N–H and O–H groups in total. The van der Waals surface area contributed by atoms with Crippen LogP contribution in [-0.4, -0.2) is 38.0 Å². The number of carbonyl (C=O) groups is 1. The first-order chi connectivity index (χ1) is 12.2. The van der Waals surface area contributed by atoms with E-state index in [2.05, 4.69) is 5.32 Å². The van der Waals surface area contributed by atoms with Gasteiger partial charge in [-0.15, -0.1) is 0 Å². The summed E-state index contributed by atoms with van der Waals surface area (Å²) < 4.78 is 50.8. The zero-order valence-electron chi connectivity index (χ0n) is 14.3. The van der Waals surface area contributed by atoms with Crippen molar-refractivity contribution < 1.29 is 22.0 Å². The van der Waals surface area contributed by atoms with Gasteiger partial charge in [0, 0.05) is 19.6 Å². The van der Waals surface area contributed by atoms with E-state index in [9.17, 15) is 22.0 Å². The number of hydrogen-bond acceptors (Lipinski definition) is 3. The van der Waals surface area contributed by atoms with E-state index in [1.54, 1.807) is 0 Å². The van der Waals surface area contributed by atoms with Gasteiger partial charge in [0.15, 0.2) is 0 Å². The fourth-order valence-corrected chi connectivity index (χ4v) is 3.13. The monoisotopic (exact) mass is 382 g/mol. The molecule has 2 aromatic carbocycles. The molecule has 0 fully saturated rings. The molecule has 0 bridgehead atoms. The van der Waals surface area contributed by atoms with Crippen LogP contribution < -0.4 is 5.32 Å². The first-order valence-electron chi connectivity index (χ1n) is 7.95. The first-order valence-corrected chi connectivity index (χ1v) is 9.79. The molecule has 0 aliphatic carbocycles. The third-order valence-corrected chi connectivity index (χ3v) is 4.95. The molecule has 0 spiro atoms. The van der Waals surface area contributed by atoms with E-state index in [0.717, 1.165) is 6.26 Å².